The zero-order chi connectivity index (χ0) is 15.1. The molecule has 0 bridgehead atoms. The highest BCUT2D eigenvalue weighted by Gasteiger charge is 2.05. The van der Waals surface area contributed by atoms with Crippen molar-refractivity contribution >= 4 is 10.9 Å². The van der Waals surface area contributed by atoms with Crippen molar-refractivity contribution in [1.82, 2.24) is 10.3 Å². The van der Waals surface area contributed by atoms with Gasteiger partial charge in [-0.3, -0.25) is 0 Å². The zero-order valence-corrected chi connectivity index (χ0v) is 13.1. The Kier molecular flexibility index (Phi) is 5.88. The number of ether oxygens (including phenoxy) is 1. The van der Waals surface area contributed by atoms with E-state index in [0.29, 0.717) is 0 Å². The fraction of sp³-hybridized carbons (Fsp3) is 0.444. The summed E-state index contributed by atoms with van der Waals surface area (Å²) < 4.78 is 5.25. The lowest BCUT2D eigenvalue weighted by Crippen LogP contribution is -2.17. The predicted octanol–water partition coefficient (Wildman–Crippen LogP) is 4.26. The maximum atomic E-state index is 5.25. The molecule has 2 rings (SSSR count). The third kappa shape index (κ3) is 4.36. The molecule has 1 aromatic heterocycles. The van der Waals surface area contributed by atoms with Gasteiger partial charge in [0.25, 0.3) is 0 Å². The minimum atomic E-state index is 0.752. The highest BCUT2D eigenvalue weighted by molar-refractivity contribution is 5.81. The maximum absolute atomic E-state index is 5.25. The monoisotopic (exact) mass is 286 g/mol. The fourth-order valence-electron chi connectivity index (χ4n) is 2.65. The third-order valence-corrected chi connectivity index (χ3v) is 4.01. The summed E-state index contributed by atoms with van der Waals surface area (Å²) >= 11 is 0. The number of fused-ring (bicyclic) bond motifs is 1. The van der Waals surface area contributed by atoms with Crippen molar-refractivity contribution in [3.63, 3.8) is 0 Å². The molecule has 2 aromatic rings. The van der Waals surface area contributed by atoms with E-state index in [-0.39, 0.29) is 0 Å². The Labute approximate surface area is 127 Å². The second-order valence-corrected chi connectivity index (χ2v) is 5.51. The van der Waals surface area contributed by atoms with E-state index < -0.39 is 0 Å². The number of rotatable bonds is 9. The number of aromatic amines is 1. The molecule has 114 valence electrons. The van der Waals surface area contributed by atoms with Crippen molar-refractivity contribution in [3.05, 3.63) is 42.6 Å². The van der Waals surface area contributed by atoms with Gasteiger partial charge in [-0.05, 0) is 49.6 Å². The minimum Gasteiger partial charge on any atom is -0.497 e. The van der Waals surface area contributed by atoms with Gasteiger partial charge < -0.3 is 15.0 Å². The molecule has 1 heterocycles. The van der Waals surface area contributed by atoms with E-state index in [1.54, 1.807) is 7.11 Å². The summed E-state index contributed by atoms with van der Waals surface area (Å²) in [5, 5.41) is 4.72. The van der Waals surface area contributed by atoms with E-state index in [1.807, 2.05) is 12.1 Å². The van der Waals surface area contributed by atoms with Gasteiger partial charge in [0.15, 0.2) is 0 Å². The van der Waals surface area contributed by atoms with Gasteiger partial charge in [-0.15, -0.1) is 6.58 Å². The number of allylic oxidation sites excluding steroid dienone is 1. The van der Waals surface area contributed by atoms with Crippen molar-refractivity contribution in [2.24, 2.45) is 5.92 Å². The Morgan fingerprint density at radius 3 is 2.95 bits per heavy atom. The SMILES string of the molecule is C=CCC(CC)CCNCc1cc2cc(OC)ccc2[nH]1. The van der Waals surface area contributed by atoms with Gasteiger partial charge in [-0.2, -0.15) is 0 Å². The summed E-state index contributed by atoms with van der Waals surface area (Å²) in [4.78, 5) is 3.44. The first kappa shape index (κ1) is 15.6. The molecule has 0 spiro atoms. The molecule has 21 heavy (non-hydrogen) atoms. The van der Waals surface area contributed by atoms with Gasteiger partial charge in [-0.1, -0.05) is 19.4 Å². The lowest BCUT2D eigenvalue weighted by Gasteiger charge is -2.12. The van der Waals surface area contributed by atoms with Crippen LogP contribution < -0.4 is 10.1 Å². The van der Waals surface area contributed by atoms with Gasteiger partial charge in [0.2, 0.25) is 0 Å². The van der Waals surface area contributed by atoms with E-state index in [4.69, 9.17) is 4.74 Å². The summed E-state index contributed by atoms with van der Waals surface area (Å²) in [7, 11) is 1.70. The molecule has 0 aliphatic rings. The van der Waals surface area contributed by atoms with Crippen LogP contribution in [-0.2, 0) is 6.54 Å². The molecule has 0 amide bonds. The van der Waals surface area contributed by atoms with Crippen molar-refractivity contribution in [2.75, 3.05) is 13.7 Å². The average Bonchev–Trinajstić information content (AvgIpc) is 2.91. The first-order chi connectivity index (χ1) is 10.3. The summed E-state index contributed by atoms with van der Waals surface area (Å²) in [5.41, 5.74) is 2.38. The van der Waals surface area contributed by atoms with E-state index in [0.717, 1.165) is 36.7 Å². The summed E-state index contributed by atoms with van der Waals surface area (Å²) in [6.07, 6.45) is 5.57. The van der Waals surface area contributed by atoms with Crippen LogP contribution in [0.15, 0.2) is 36.9 Å². The van der Waals surface area contributed by atoms with Crippen LogP contribution >= 0.6 is 0 Å². The van der Waals surface area contributed by atoms with E-state index in [2.05, 4.69) is 42.0 Å². The fourth-order valence-corrected chi connectivity index (χ4v) is 2.65. The molecule has 3 nitrogen and oxygen atoms in total. The Morgan fingerprint density at radius 2 is 2.24 bits per heavy atom. The van der Waals surface area contributed by atoms with Crippen LogP contribution in [0.4, 0.5) is 0 Å². The minimum absolute atomic E-state index is 0.752. The third-order valence-electron chi connectivity index (χ3n) is 4.01. The molecule has 0 saturated heterocycles. The topological polar surface area (TPSA) is 37.0 Å². The molecular weight excluding hydrogens is 260 g/mol. The maximum Gasteiger partial charge on any atom is 0.119 e. The quantitative estimate of drug-likeness (QED) is 0.534. The van der Waals surface area contributed by atoms with Crippen molar-refractivity contribution in [3.8, 4) is 5.75 Å². The summed E-state index contributed by atoms with van der Waals surface area (Å²) in [6, 6.07) is 8.30. The Hall–Kier alpha value is -1.74. The molecule has 1 atom stereocenters. The Bertz CT molecular complexity index is 574. The van der Waals surface area contributed by atoms with Crippen LogP contribution in [0.1, 0.15) is 31.9 Å². The molecular formula is C18H26N2O. The van der Waals surface area contributed by atoms with Crippen LogP contribution in [-0.4, -0.2) is 18.6 Å². The predicted molar refractivity (Wildman–Crippen MR) is 89.8 cm³/mol. The molecule has 3 heteroatoms. The van der Waals surface area contributed by atoms with Crippen molar-refractivity contribution in [2.45, 2.75) is 32.7 Å². The highest BCUT2D eigenvalue weighted by Crippen LogP contribution is 2.21. The molecule has 1 unspecified atom stereocenters. The van der Waals surface area contributed by atoms with Crippen LogP contribution in [0.3, 0.4) is 0 Å². The number of aromatic nitrogens is 1. The molecule has 0 aliphatic heterocycles. The molecule has 0 aliphatic carbocycles. The normalized spacial score (nSPS) is 12.5. The standard InChI is InChI=1S/C18H26N2O/c1-4-6-14(5-2)9-10-19-13-16-11-15-12-17(21-3)7-8-18(15)20-16/h4,7-8,11-12,14,19-20H,1,5-6,9-10,13H2,2-3H3. The number of hydrogen-bond donors (Lipinski definition) is 2. The van der Waals surface area contributed by atoms with Gasteiger partial charge >= 0.3 is 0 Å². The second kappa shape index (κ2) is 7.89. The van der Waals surface area contributed by atoms with Gasteiger partial charge in [0.1, 0.15) is 5.75 Å². The lowest BCUT2D eigenvalue weighted by molar-refractivity contribution is 0.415. The lowest BCUT2D eigenvalue weighted by atomic mass is 9.99. The first-order valence-electron chi connectivity index (χ1n) is 7.74. The zero-order valence-electron chi connectivity index (χ0n) is 13.1. The van der Waals surface area contributed by atoms with Crippen LogP contribution in [0.2, 0.25) is 0 Å². The van der Waals surface area contributed by atoms with Gasteiger partial charge in [0, 0.05) is 23.1 Å². The highest BCUT2D eigenvalue weighted by atomic mass is 16.5. The molecule has 1 aromatic carbocycles. The number of nitrogens with one attached hydrogen (secondary N) is 2. The number of methoxy groups -OCH3 is 1. The van der Waals surface area contributed by atoms with Crippen LogP contribution in [0.25, 0.3) is 10.9 Å². The Balaban J connectivity index is 1.84. The summed E-state index contributed by atoms with van der Waals surface area (Å²) in [5.74, 6) is 1.65. The summed E-state index contributed by atoms with van der Waals surface area (Å²) in [6.45, 7) is 8.00. The molecule has 0 fully saturated rings. The number of hydrogen-bond acceptors (Lipinski definition) is 2. The van der Waals surface area contributed by atoms with Crippen LogP contribution in [0.5, 0.6) is 5.75 Å². The van der Waals surface area contributed by atoms with Crippen molar-refractivity contribution < 1.29 is 4.74 Å². The molecule has 0 saturated carbocycles. The molecule has 2 N–H and O–H groups in total. The number of benzene rings is 1. The van der Waals surface area contributed by atoms with Gasteiger partial charge in [0.05, 0.1) is 7.11 Å². The first-order valence-corrected chi connectivity index (χ1v) is 7.74. The van der Waals surface area contributed by atoms with Gasteiger partial charge in [-0.25, -0.2) is 0 Å². The van der Waals surface area contributed by atoms with Crippen molar-refractivity contribution in [1.29, 1.82) is 0 Å². The van der Waals surface area contributed by atoms with E-state index >= 15 is 0 Å². The second-order valence-electron chi connectivity index (χ2n) is 5.51. The Morgan fingerprint density at radius 1 is 1.38 bits per heavy atom. The van der Waals surface area contributed by atoms with Crippen LogP contribution in [0, 0.1) is 5.92 Å². The van der Waals surface area contributed by atoms with E-state index in [9.17, 15) is 0 Å². The average molecular weight is 286 g/mol. The largest absolute Gasteiger partial charge is 0.497 e. The number of H-pyrrole nitrogens is 1. The smallest absolute Gasteiger partial charge is 0.119 e. The van der Waals surface area contributed by atoms with E-state index in [1.165, 1.54) is 23.9 Å². The molecule has 0 radical (unpaired) electrons.